The highest BCUT2D eigenvalue weighted by atomic mass is 32.1. The van der Waals surface area contributed by atoms with E-state index in [1.807, 2.05) is 0 Å². The number of carboxylic acids is 2. The Bertz CT molecular complexity index is 571. The molecule has 1 aromatic carbocycles. The second-order valence-corrected chi connectivity index (χ2v) is 4.93. The van der Waals surface area contributed by atoms with Crippen LogP contribution in [0.3, 0.4) is 0 Å². The van der Waals surface area contributed by atoms with Crippen LogP contribution < -0.4 is 4.90 Å². The highest BCUT2D eigenvalue weighted by molar-refractivity contribution is 7.81. The fraction of sp³-hybridized carbons (Fsp3) is 0.250. The minimum atomic E-state index is -1.34. The third-order valence-corrected chi connectivity index (χ3v) is 3.23. The molecule has 0 spiro atoms. The third-order valence-electron chi connectivity index (χ3n) is 2.88. The molecular weight excluding hydrogens is 270 g/mol. The summed E-state index contributed by atoms with van der Waals surface area (Å²) in [6.07, 6.45) is 0.284. The van der Waals surface area contributed by atoms with Gasteiger partial charge in [-0.15, -0.1) is 0 Å². The molecule has 1 aromatic rings. The van der Waals surface area contributed by atoms with Gasteiger partial charge in [0.05, 0.1) is 11.1 Å². The van der Waals surface area contributed by atoms with Gasteiger partial charge in [0.25, 0.3) is 0 Å². The summed E-state index contributed by atoms with van der Waals surface area (Å²) >= 11 is 4.21. The summed E-state index contributed by atoms with van der Waals surface area (Å²) < 4.78 is 0. The molecule has 0 aromatic heterocycles. The van der Waals surface area contributed by atoms with E-state index in [4.69, 9.17) is 10.2 Å². The number of rotatable bonds is 3. The maximum Gasteiger partial charge on any atom is 0.336 e. The number of hydrogen-bond acceptors (Lipinski definition) is 4. The minimum Gasteiger partial charge on any atom is -0.478 e. The van der Waals surface area contributed by atoms with E-state index in [-0.39, 0.29) is 28.7 Å². The molecule has 0 radical (unpaired) electrons. The molecule has 1 saturated heterocycles. The van der Waals surface area contributed by atoms with Crippen LogP contribution in [-0.4, -0.2) is 39.9 Å². The Balaban J connectivity index is 2.44. The fourth-order valence-electron chi connectivity index (χ4n) is 2.00. The minimum absolute atomic E-state index is 0.0973. The molecule has 100 valence electrons. The van der Waals surface area contributed by atoms with Gasteiger partial charge in [-0.1, -0.05) is 0 Å². The Labute approximate surface area is 114 Å². The number of amides is 1. The topological polar surface area (TPSA) is 94.9 Å². The molecule has 1 fully saturated rings. The van der Waals surface area contributed by atoms with Gasteiger partial charge in [-0.05, 0) is 18.2 Å². The number of carbonyl (C=O) groups excluding carboxylic acids is 1. The molecule has 2 N–H and O–H groups in total. The lowest BCUT2D eigenvalue weighted by Crippen LogP contribution is -2.25. The molecule has 0 aliphatic carbocycles. The number of nitrogens with zero attached hydrogens (tertiary/aromatic N) is 1. The van der Waals surface area contributed by atoms with Crippen molar-refractivity contribution in [3.63, 3.8) is 0 Å². The Morgan fingerprint density at radius 2 is 1.84 bits per heavy atom. The monoisotopic (exact) mass is 281 g/mol. The summed E-state index contributed by atoms with van der Waals surface area (Å²) in [5.74, 6) is -2.81. The van der Waals surface area contributed by atoms with Gasteiger partial charge < -0.3 is 15.1 Å². The van der Waals surface area contributed by atoms with Crippen LogP contribution in [-0.2, 0) is 4.79 Å². The largest absolute Gasteiger partial charge is 0.478 e. The fourth-order valence-corrected chi connectivity index (χ4v) is 2.32. The van der Waals surface area contributed by atoms with Crippen LogP contribution in [0.4, 0.5) is 5.69 Å². The van der Waals surface area contributed by atoms with Crippen LogP contribution in [0.2, 0.25) is 0 Å². The van der Waals surface area contributed by atoms with Crippen LogP contribution >= 0.6 is 12.6 Å². The molecule has 1 unspecified atom stereocenters. The summed E-state index contributed by atoms with van der Waals surface area (Å²) in [6.45, 7) is 0.382. The number of thiol groups is 1. The lowest BCUT2D eigenvalue weighted by molar-refractivity contribution is -0.117. The van der Waals surface area contributed by atoms with Crippen molar-refractivity contribution in [1.82, 2.24) is 0 Å². The van der Waals surface area contributed by atoms with Crippen molar-refractivity contribution in [1.29, 1.82) is 0 Å². The van der Waals surface area contributed by atoms with E-state index in [1.165, 1.54) is 23.1 Å². The van der Waals surface area contributed by atoms with Crippen LogP contribution in [0.1, 0.15) is 27.1 Å². The normalized spacial score (nSPS) is 18.7. The Morgan fingerprint density at radius 1 is 1.21 bits per heavy atom. The first-order chi connectivity index (χ1) is 8.90. The van der Waals surface area contributed by atoms with Crippen LogP contribution in [0.15, 0.2) is 18.2 Å². The smallest absolute Gasteiger partial charge is 0.336 e. The zero-order valence-electron chi connectivity index (χ0n) is 9.74. The van der Waals surface area contributed by atoms with Crippen molar-refractivity contribution >= 4 is 36.2 Å². The van der Waals surface area contributed by atoms with E-state index < -0.39 is 11.9 Å². The second-order valence-electron chi connectivity index (χ2n) is 4.20. The number of benzene rings is 1. The summed E-state index contributed by atoms with van der Waals surface area (Å²) in [5, 5.41) is 17.8. The van der Waals surface area contributed by atoms with E-state index in [1.54, 1.807) is 0 Å². The predicted octanol–water partition coefficient (Wildman–Crippen LogP) is 1.12. The van der Waals surface area contributed by atoms with Gasteiger partial charge in [0, 0.05) is 23.9 Å². The molecule has 19 heavy (non-hydrogen) atoms. The van der Waals surface area contributed by atoms with Crippen LogP contribution in [0.5, 0.6) is 0 Å². The van der Waals surface area contributed by atoms with Gasteiger partial charge >= 0.3 is 11.9 Å². The van der Waals surface area contributed by atoms with E-state index in [0.717, 1.165) is 0 Å². The first-order valence-corrected chi connectivity index (χ1v) is 6.01. The van der Waals surface area contributed by atoms with Crippen molar-refractivity contribution in [2.24, 2.45) is 0 Å². The quantitative estimate of drug-likeness (QED) is 0.722. The Kier molecular flexibility index (Phi) is 3.48. The van der Waals surface area contributed by atoms with Gasteiger partial charge in [-0.2, -0.15) is 12.6 Å². The van der Waals surface area contributed by atoms with Crippen molar-refractivity contribution in [3.8, 4) is 0 Å². The Morgan fingerprint density at radius 3 is 2.32 bits per heavy atom. The predicted molar refractivity (Wildman–Crippen MR) is 70.1 cm³/mol. The number of carboxylic acid groups (broad SMARTS) is 2. The van der Waals surface area contributed by atoms with Crippen molar-refractivity contribution < 1.29 is 24.6 Å². The number of anilines is 1. The molecule has 2 rings (SSSR count). The zero-order chi connectivity index (χ0) is 14.2. The molecule has 6 nitrogen and oxygen atoms in total. The summed E-state index contributed by atoms with van der Waals surface area (Å²) in [4.78, 5) is 35.1. The van der Waals surface area contributed by atoms with E-state index in [9.17, 15) is 14.4 Å². The van der Waals surface area contributed by atoms with Crippen molar-refractivity contribution in [3.05, 3.63) is 29.3 Å². The molecule has 0 bridgehead atoms. The first kappa shape index (κ1) is 13.4. The number of carbonyl (C=O) groups is 3. The molecule has 1 heterocycles. The summed E-state index contributed by atoms with van der Waals surface area (Å²) in [5.41, 5.74) is -0.255. The van der Waals surface area contributed by atoms with E-state index >= 15 is 0 Å². The number of hydrogen-bond donors (Lipinski definition) is 3. The summed E-state index contributed by atoms with van der Waals surface area (Å²) in [6, 6.07) is 3.83. The molecule has 0 saturated carbocycles. The number of aromatic carboxylic acids is 2. The lowest BCUT2D eigenvalue weighted by atomic mass is 10.1. The molecule has 1 aliphatic rings. The highest BCUT2D eigenvalue weighted by Gasteiger charge is 2.29. The van der Waals surface area contributed by atoms with Gasteiger partial charge in [-0.3, -0.25) is 4.79 Å². The Hall–Kier alpha value is -2.02. The van der Waals surface area contributed by atoms with Gasteiger partial charge in [0.1, 0.15) is 0 Å². The SMILES string of the molecule is O=C(O)c1ccc(N2CC(S)CC2=O)cc1C(=O)O. The van der Waals surface area contributed by atoms with Crippen LogP contribution in [0.25, 0.3) is 0 Å². The van der Waals surface area contributed by atoms with Crippen molar-refractivity contribution in [2.75, 3.05) is 11.4 Å². The lowest BCUT2D eigenvalue weighted by Gasteiger charge is -2.17. The molecule has 1 amide bonds. The maximum atomic E-state index is 11.7. The zero-order valence-corrected chi connectivity index (χ0v) is 10.6. The van der Waals surface area contributed by atoms with Gasteiger partial charge in [0.2, 0.25) is 5.91 Å². The molecule has 1 aliphatic heterocycles. The summed E-state index contributed by atoms with van der Waals surface area (Å²) in [7, 11) is 0. The van der Waals surface area contributed by atoms with Gasteiger partial charge in [-0.25, -0.2) is 9.59 Å². The third kappa shape index (κ3) is 2.55. The van der Waals surface area contributed by atoms with Crippen molar-refractivity contribution in [2.45, 2.75) is 11.7 Å². The van der Waals surface area contributed by atoms with Gasteiger partial charge in [0.15, 0.2) is 0 Å². The maximum absolute atomic E-state index is 11.7. The molecule has 1 atom stereocenters. The average Bonchev–Trinajstić information content (AvgIpc) is 2.67. The highest BCUT2D eigenvalue weighted by Crippen LogP contribution is 2.26. The second kappa shape index (κ2) is 4.93. The first-order valence-electron chi connectivity index (χ1n) is 5.49. The standard InChI is InChI=1S/C12H11NO5S/c14-10-4-7(19)5-13(10)6-1-2-8(11(15)16)9(3-6)12(17)18/h1-3,7,19H,4-5H2,(H,15,16)(H,17,18). The van der Waals surface area contributed by atoms with E-state index in [0.29, 0.717) is 12.2 Å². The van der Waals surface area contributed by atoms with E-state index in [2.05, 4.69) is 12.6 Å². The van der Waals surface area contributed by atoms with Crippen LogP contribution in [0, 0.1) is 0 Å². The molecule has 7 heteroatoms. The average molecular weight is 281 g/mol. The molecular formula is C12H11NO5S.